The van der Waals surface area contributed by atoms with E-state index in [1.54, 1.807) is 29.2 Å². The van der Waals surface area contributed by atoms with Crippen molar-refractivity contribution in [2.75, 3.05) is 25.0 Å². The molecule has 1 aliphatic rings. The highest BCUT2D eigenvalue weighted by atomic mass is 16.5. The van der Waals surface area contributed by atoms with Gasteiger partial charge in [0, 0.05) is 30.8 Å². The number of hydrogen-bond donors (Lipinski definition) is 1. The van der Waals surface area contributed by atoms with Crippen molar-refractivity contribution in [3.8, 4) is 0 Å². The summed E-state index contributed by atoms with van der Waals surface area (Å²) in [6, 6.07) is 6.79. The third-order valence-electron chi connectivity index (χ3n) is 5.04. The molecule has 1 saturated carbocycles. The maximum Gasteiger partial charge on any atom is 0.306 e. The van der Waals surface area contributed by atoms with Crippen LogP contribution in [-0.2, 0) is 14.3 Å². The summed E-state index contributed by atoms with van der Waals surface area (Å²) in [5, 5.41) is 2.68. The molecule has 6 heteroatoms. The van der Waals surface area contributed by atoms with Crippen molar-refractivity contribution in [2.24, 2.45) is 5.92 Å². The molecule has 0 saturated heterocycles. The summed E-state index contributed by atoms with van der Waals surface area (Å²) in [4.78, 5) is 37.9. The Morgan fingerprint density at radius 3 is 2.52 bits per heavy atom. The zero-order valence-electron chi connectivity index (χ0n) is 16.3. The fourth-order valence-corrected chi connectivity index (χ4v) is 3.46. The van der Waals surface area contributed by atoms with Crippen LogP contribution in [0.3, 0.4) is 0 Å². The van der Waals surface area contributed by atoms with Gasteiger partial charge in [0.1, 0.15) is 0 Å². The molecule has 0 heterocycles. The second-order valence-corrected chi connectivity index (χ2v) is 6.96. The van der Waals surface area contributed by atoms with Crippen molar-refractivity contribution in [3.05, 3.63) is 29.8 Å². The van der Waals surface area contributed by atoms with Gasteiger partial charge in [-0.05, 0) is 44.4 Å². The highest BCUT2D eigenvalue weighted by Crippen LogP contribution is 2.28. The Balaban J connectivity index is 1.78. The first-order valence-electron chi connectivity index (χ1n) is 9.88. The first-order chi connectivity index (χ1) is 13.0. The summed E-state index contributed by atoms with van der Waals surface area (Å²) in [5.74, 6) is -0.189. The van der Waals surface area contributed by atoms with Crippen molar-refractivity contribution < 1.29 is 19.1 Å². The van der Waals surface area contributed by atoms with Crippen LogP contribution >= 0.6 is 0 Å². The third-order valence-corrected chi connectivity index (χ3v) is 5.04. The highest BCUT2D eigenvalue weighted by molar-refractivity contribution is 5.97. The van der Waals surface area contributed by atoms with Gasteiger partial charge in [-0.2, -0.15) is 0 Å². The minimum atomic E-state index is -0.406. The standard InChI is InChI=1S/C21H30N2O4/c1-3-23(4-2)21(26)17-10-7-11-18(14-17)22-19(24)15-27-20(25)13-12-16-8-5-6-9-16/h7,10-11,14,16H,3-6,8-9,12-13,15H2,1-2H3,(H,22,24). The van der Waals surface area contributed by atoms with E-state index in [9.17, 15) is 14.4 Å². The second kappa shape index (κ2) is 10.7. The van der Waals surface area contributed by atoms with Gasteiger partial charge in [0.2, 0.25) is 0 Å². The van der Waals surface area contributed by atoms with Gasteiger partial charge in [0.15, 0.2) is 6.61 Å². The number of ether oxygens (including phenoxy) is 1. The van der Waals surface area contributed by atoms with Crippen LogP contribution in [0.2, 0.25) is 0 Å². The van der Waals surface area contributed by atoms with E-state index in [4.69, 9.17) is 4.74 Å². The molecule has 1 aromatic carbocycles. The summed E-state index contributed by atoms with van der Waals surface area (Å²) >= 11 is 0. The lowest BCUT2D eigenvalue weighted by Gasteiger charge is -2.19. The maximum atomic E-state index is 12.4. The summed E-state index contributed by atoms with van der Waals surface area (Å²) < 4.78 is 5.06. The van der Waals surface area contributed by atoms with Gasteiger partial charge >= 0.3 is 5.97 Å². The molecule has 27 heavy (non-hydrogen) atoms. The molecule has 0 spiro atoms. The zero-order chi connectivity index (χ0) is 19.6. The number of nitrogens with one attached hydrogen (secondary N) is 1. The van der Waals surface area contributed by atoms with Crippen LogP contribution in [0, 0.1) is 5.92 Å². The number of hydrogen-bond acceptors (Lipinski definition) is 4. The smallest absolute Gasteiger partial charge is 0.306 e. The topological polar surface area (TPSA) is 75.7 Å². The number of amides is 2. The van der Waals surface area contributed by atoms with Crippen LogP contribution in [-0.4, -0.2) is 42.4 Å². The van der Waals surface area contributed by atoms with E-state index >= 15 is 0 Å². The van der Waals surface area contributed by atoms with Crippen molar-refractivity contribution in [1.29, 1.82) is 0 Å². The molecule has 2 amide bonds. The van der Waals surface area contributed by atoms with E-state index in [0.29, 0.717) is 36.7 Å². The Bertz CT molecular complexity index is 649. The van der Waals surface area contributed by atoms with E-state index in [0.717, 1.165) is 6.42 Å². The van der Waals surface area contributed by atoms with Crippen molar-refractivity contribution in [3.63, 3.8) is 0 Å². The fraction of sp³-hybridized carbons (Fsp3) is 0.571. The van der Waals surface area contributed by atoms with Crippen LogP contribution in [0.4, 0.5) is 5.69 Å². The molecule has 0 unspecified atom stereocenters. The lowest BCUT2D eigenvalue weighted by Crippen LogP contribution is -2.30. The van der Waals surface area contributed by atoms with Gasteiger partial charge in [-0.25, -0.2) is 0 Å². The fourth-order valence-electron chi connectivity index (χ4n) is 3.46. The molecular formula is C21H30N2O4. The van der Waals surface area contributed by atoms with Crippen LogP contribution < -0.4 is 5.32 Å². The highest BCUT2D eigenvalue weighted by Gasteiger charge is 2.17. The van der Waals surface area contributed by atoms with Gasteiger partial charge in [-0.3, -0.25) is 14.4 Å². The Hall–Kier alpha value is -2.37. The van der Waals surface area contributed by atoms with Crippen LogP contribution in [0.1, 0.15) is 62.7 Å². The van der Waals surface area contributed by atoms with Gasteiger partial charge in [-0.15, -0.1) is 0 Å². The molecule has 0 bridgehead atoms. The Morgan fingerprint density at radius 2 is 1.85 bits per heavy atom. The molecular weight excluding hydrogens is 344 g/mol. The van der Waals surface area contributed by atoms with Gasteiger partial charge in [0.25, 0.3) is 11.8 Å². The number of anilines is 1. The summed E-state index contributed by atoms with van der Waals surface area (Å²) in [6.45, 7) is 4.80. The number of carbonyl (C=O) groups is 3. The molecule has 1 N–H and O–H groups in total. The lowest BCUT2D eigenvalue weighted by atomic mass is 10.0. The van der Waals surface area contributed by atoms with Gasteiger partial charge in [0.05, 0.1) is 0 Å². The molecule has 1 aliphatic carbocycles. The number of carbonyl (C=O) groups excluding carboxylic acids is 3. The molecule has 6 nitrogen and oxygen atoms in total. The van der Waals surface area contributed by atoms with Crippen molar-refractivity contribution >= 4 is 23.5 Å². The number of rotatable bonds is 9. The van der Waals surface area contributed by atoms with E-state index < -0.39 is 5.91 Å². The number of benzene rings is 1. The quantitative estimate of drug-likeness (QED) is 0.670. The first-order valence-corrected chi connectivity index (χ1v) is 9.88. The van der Waals surface area contributed by atoms with Crippen LogP contribution in [0.25, 0.3) is 0 Å². The molecule has 2 rings (SSSR count). The van der Waals surface area contributed by atoms with E-state index in [1.807, 2.05) is 13.8 Å². The molecule has 0 radical (unpaired) electrons. The molecule has 0 aromatic heterocycles. The Morgan fingerprint density at radius 1 is 1.15 bits per heavy atom. The van der Waals surface area contributed by atoms with E-state index in [1.165, 1.54) is 25.7 Å². The zero-order valence-corrected chi connectivity index (χ0v) is 16.3. The first kappa shape index (κ1) is 20.9. The van der Waals surface area contributed by atoms with Gasteiger partial charge in [-0.1, -0.05) is 31.7 Å². The summed E-state index contributed by atoms with van der Waals surface area (Å²) in [6.07, 6.45) is 6.09. The minimum Gasteiger partial charge on any atom is -0.456 e. The predicted molar refractivity (Wildman–Crippen MR) is 104 cm³/mol. The van der Waals surface area contributed by atoms with Crippen LogP contribution in [0.15, 0.2) is 24.3 Å². The number of nitrogens with zero attached hydrogens (tertiary/aromatic N) is 1. The molecule has 148 valence electrons. The number of esters is 1. The Labute approximate surface area is 161 Å². The largest absolute Gasteiger partial charge is 0.456 e. The molecule has 1 aromatic rings. The minimum absolute atomic E-state index is 0.0746. The lowest BCUT2D eigenvalue weighted by molar-refractivity contribution is -0.147. The monoisotopic (exact) mass is 374 g/mol. The van der Waals surface area contributed by atoms with E-state index in [-0.39, 0.29) is 18.5 Å². The predicted octanol–water partition coefficient (Wildman–Crippen LogP) is 3.62. The second-order valence-electron chi connectivity index (χ2n) is 6.96. The summed E-state index contributed by atoms with van der Waals surface area (Å²) in [5.41, 5.74) is 1.03. The van der Waals surface area contributed by atoms with Crippen molar-refractivity contribution in [1.82, 2.24) is 4.90 Å². The normalized spacial score (nSPS) is 14.0. The molecule has 0 atom stereocenters. The SMILES string of the molecule is CCN(CC)C(=O)c1cccc(NC(=O)COC(=O)CCC2CCCC2)c1. The van der Waals surface area contributed by atoms with Crippen LogP contribution in [0.5, 0.6) is 0 Å². The maximum absolute atomic E-state index is 12.4. The Kier molecular flexibility index (Phi) is 8.30. The molecule has 0 aliphatic heterocycles. The third kappa shape index (κ3) is 6.70. The summed E-state index contributed by atoms with van der Waals surface area (Å²) in [7, 11) is 0. The van der Waals surface area contributed by atoms with Gasteiger partial charge < -0.3 is 15.0 Å². The average molecular weight is 374 g/mol. The van der Waals surface area contributed by atoms with Crippen molar-refractivity contribution in [2.45, 2.75) is 52.4 Å². The van der Waals surface area contributed by atoms with E-state index in [2.05, 4.69) is 5.32 Å². The average Bonchev–Trinajstić information content (AvgIpc) is 3.19. The molecule has 1 fully saturated rings.